The molecular formula is C6H12CuN2O2S2. The average molecular weight is 272 g/mol. The van der Waals surface area contributed by atoms with Crippen LogP contribution in [0.5, 0.6) is 0 Å². The van der Waals surface area contributed by atoms with E-state index in [9.17, 15) is 5.11 Å². The Morgan fingerprint density at radius 1 is 1.23 bits per heavy atom. The van der Waals surface area contributed by atoms with Crippen molar-refractivity contribution >= 4 is 34.8 Å². The van der Waals surface area contributed by atoms with E-state index in [1.54, 1.807) is 4.90 Å². The minimum atomic E-state index is -0.750. The first kappa shape index (κ1) is 18.6. The number of nitrogens with two attached hydrogens (primary N) is 1. The molecule has 1 radical (unpaired) electrons. The molecule has 0 aromatic rings. The minimum absolute atomic E-state index is 0. The van der Waals surface area contributed by atoms with Gasteiger partial charge in [0.1, 0.15) is 0 Å². The summed E-state index contributed by atoms with van der Waals surface area (Å²) in [6.45, 7) is 5.26. The summed E-state index contributed by atoms with van der Waals surface area (Å²) in [6.07, 6.45) is 0. The zero-order valence-corrected chi connectivity index (χ0v) is 9.95. The zero-order chi connectivity index (χ0) is 10.1. The van der Waals surface area contributed by atoms with Crippen molar-refractivity contribution < 1.29 is 27.3 Å². The minimum Gasteiger partial charge on any atom is -0.852 e. The van der Waals surface area contributed by atoms with Crippen molar-refractivity contribution in [2.45, 2.75) is 13.8 Å². The van der Waals surface area contributed by atoms with Crippen molar-refractivity contribution in [1.29, 1.82) is 0 Å². The molecule has 2 N–H and O–H groups in total. The monoisotopic (exact) mass is 271 g/mol. The normalized spacial score (nSPS) is 7.23. The van der Waals surface area contributed by atoms with E-state index in [2.05, 4.69) is 30.2 Å². The van der Waals surface area contributed by atoms with Crippen molar-refractivity contribution in [3.8, 4) is 0 Å². The van der Waals surface area contributed by atoms with Crippen LogP contribution >= 0.6 is 24.4 Å². The largest absolute Gasteiger partial charge is 2.00 e. The summed E-state index contributed by atoms with van der Waals surface area (Å²) < 4.78 is 0. The van der Waals surface area contributed by atoms with E-state index in [-0.39, 0.29) is 22.2 Å². The first-order valence-corrected chi connectivity index (χ1v) is 4.19. The molecule has 0 aliphatic rings. The quantitative estimate of drug-likeness (QED) is 0.490. The molecule has 81 valence electrons. The molecule has 0 aromatic heterocycles. The van der Waals surface area contributed by atoms with Crippen LogP contribution < -0.4 is 15.9 Å². The Hall–Kier alpha value is -0.101. The van der Waals surface area contributed by atoms with E-state index in [1.807, 2.05) is 13.8 Å². The van der Waals surface area contributed by atoms with Gasteiger partial charge in [-0.3, -0.25) is 0 Å². The van der Waals surface area contributed by atoms with Gasteiger partial charge in [-0.15, -0.1) is 0 Å². The molecule has 4 nitrogen and oxygen atoms in total. The van der Waals surface area contributed by atoms with Gasteiger partial charge in [-0.25, -0.2) is 0 Å². The number of hydrogen-bond acceptors (Lipinski definition) is 4. The average Bonchev–Trinajstić information content (AvgIpc) is 1.87. The van der Waals surface area contributed by atoms with E-state index >= 15 is 0 Å². The summed E-state index contributed by atoms with van der Waals surface area (Å²) in [5.41, 5.74) is 4.29. The Morgan fingerprint density at radius 2 is 1.46 bits per heavy atom. The molecule has 0 atom stereocenters. The Kier molecular flexibility index (Phi) is 17.1. The van der Waals surface area contributed by atoms with Crippen molar-refractivity contribution in [2.75, 3.05) is 13.1 Å². The van der Waals surface area contributed by atoms with Gasteiger partial charge in [0.2, 0.25) is 0 Å². The Balaban J connectivity index is -0.000000173. The molecule has 0 heterocycles. The maximum absolute atomic E-state index is 10.3. The van der Waals surface area contributed by atoms with Crippen molar-refractivity contribution in [3.63, 3.8) is 0 Å². The second kappa shape index (κ2) is 11.9. The standard InChI is InChI=1S/C5H11NOS.CH3NOS.Cu/c1-3-6(4-2)5(7)8;2-1(3)4;/h3-4H2,1-2H3,(H,7,8);(H3,2,3,4);/q;;+2/p-2. The predicted molar refractivity (Wildman–Crippen MR) is 52.3 cm³/mol. The van der Waals surface area contributed by atoms with Crippen LogP contribution in [0.25, 0.3) is 0 Å². The van der Waals surface area contributed by atoms with E-state index < -0.39 is 5.17 Å². The molecule has 0 unspecified atom stereocenters. The van der Waals surface area contributed by atoms with Crippen LogP contribution in [0.2, 0.25) is 0 Å². The number of hydrogen-bond donors (Lipinski definition) is 1. The molecule has 0 spiro atoms. The number of nitrogens with zero attached hydrogens (tertiary/aromatic N) is 1. The third-order valence-corrected chi connectivity index (χ3v) is 1.28. The summed E-state index contributed by atoms with van der Waals surface area (Å²) in [7, 11) is 0. The smallest absolute Gasteiger partial charge is 0.852 e. The van der Waals surface area contributed by atoms with Crippen molar-refractivity contribution in [3.05, 3.63) is 0 Å². The first-order valence-electron chi connectivity index (χ1n) is 3.38. The van der Waals surface area contributed by atoms with E-state index in [1.165, 1.54) is 0 Å². The second-order valence-corrected chi connectivity index (χ2v) is 2.51. The molecule has 0 amide bonds. The molecule has 0 aromatic carbocycles. The molecule has 0 saturated carbocycles. The molecule has 0 bridgehead atoms. The molecule has 0 rings (SSSR count). The summed E-state index contributed by atoms with van der Waals surface area (Å²) >= 11 is 8.14. The van der Waals surface area contributed by atoms with Gasteiger partial charge >= 0.3 is 17.1 Å². The van der Waals surface area contributed by atoms with Gasteiger partial charge in [0.05, 0.1) is 0 Å². The summed E-state index contributed by atoms with van der Waals surface area (Å²) in [4.78, 5) is 1.59. The molecule has 0 aliphatic carbocycles. The van der Waals surface area contributed by atoms with Crippen LogP contribution in [0.1, 0.15) is 13.8 Å². The fourth-order valence-electron chi connectivity index (χ4n) is 0.482. The predicted octanol–water partition coefficient (Wildman–Crippen LogP) is -1.44. The van der Waals surface area contributed by atoms with Crippen LogP contribution in [-0.2, 0) is 17.1 Å². The van der Waals surface area contributed by atoms with Gasteiger partial charge in [-0.2, -0.15) is 0 Å². The summed E-state index contributed by atoms with van der Waals surface area (Å²) in [5.74, 6) is 0. The Morgan fingerprint density at radius 3 is 1.46 bits per heavy atom. The van der Waals surface area contributed by atoms with E-state index in [0.29, 0.717) is 0 Å². The van der Waals surface area contributed by atoms with E-state index in [0.717, 1.165) is 13.1 Å². The van der Waals surface area contributed by atoms with Crippen LogP contribution in [0.4, 0.5) is 0 Å². The fourth-order valence-corrected chi connectivity index (χ4v) is 0.740. The van der Waals surface area contributed by atoms with Gasteiger partial charge in [-0.1, -0.05) is 24.4 Å². The van der Waals surface area contributed by atoms with Gasteiger partial charge in [-0.05, 0) is 13.8 Å². The van der Waals surface area contributed by atoms with Crippen LogP contribution in [0.15, 0.2) is 0 Å². The van der Waals surface area contributed by atoms with Gasteiger partial charge < -0.3 is 20.8 Å². The molecule has 0 aliphatic heterocycles. The summed E-state index contributed by atoms with van der Waals surface area (Å²) in [6, 6.07) is 0. The van der Waals surface area contributed by atoms with Crippen LogP contribution in [0.3, 0.4) is 0 Å². The van der Waals surface area contributed by atoms with Gasteiger partial charge in [0, 0.05) is 23.4 Å². The summed E-state index contributed by atoms with van der Waals surface area (Å²) in [5, 5.41) is 18.4. The molecule has 0 fully saturated rings. The third kappa shape index (κ3) is 18.7. The topological polar surface area (TPSA) is 75.4 Å². The maximum Gasteiger partial charge on any atom is 2.00 e. The molecule has 7 heteroatoms. The molecule has 0 saturated heterocycles. The van der Waals surface area contributed by atoms with E-state index in [4.69, 9.17) is 5.11 Å². The third-order valence-electron chi connectivity index (χ3n) is 1.02. The van der Waals surface area contributed by atoms with Crippen molar-refractivity contribution in [2.24, 2.45) is 5.73 Å². The van der Waals surface area contributed by atoms with Crippen molar-refractivity contribution in [1.82, 2.24) is 4.90 Å². The molecular weight excluding hydrogens is 260 g/mol. The number of rotatable bonds is 2. The number of thiocarbonyl (C=S) groups is 2. The Bertz CT molecular complexity index is 150. The first-order chi connectivity index (χ1) is 5.45. The van der Waals surface area contributed by atoms with Gasteiger partial charge in [0.25, 0.3) is 0 Å². The SMILES string of the molecule is CCN(CC)C([O-])=S.NC([O-])=S.[Cu+2]. The maximum atomic E-state index is 10.3. The zero-order valence-electron chi connectivity index (χ0n) is 7.37. The van der Waals surface area contributed by atoms with Crippen LogP contribution in [0, 0.1) is 0 Å². The van der Waals surface area contributed by atoms with Crippen LogP contribution in [-0.4, -0.2) is 28.3 Å². The van der Waals surface area contributed by atoms with Gasteiger partial charge in [0.15, 0.2) is 0 Å². The second-order valence-electron chi connectivity index (χ2n) is 1.76. The Labute approximate surface area is 99.6 Å². The fraction of sp³-hybridized carbons (Fsp3) is 0.667. The molecule has 13 heavy (non-hydrogen) atoms.